The van der Waals surface area contributed by atoms with Gasteiger partial charge in [-0.1, -0.05) is 26.2 Å². The number of hydrogen-bond acceptors (Lipinski definition) is 2. The highest BCUT2D eigenvalue weighted by Gasteiger charge is 2.29. The van der Waals surface area contributed by atoms with Crippen LogP contribution in [0.1, 0.15) is 51.6 Å². The minimum Gasteiger partial charge on any atom is -0.328 e. The molecule has 0 bridgehead atoms. The average molecular weight is 292 g/mol. The first-order valence-corrected chi connectivity index (χ1v) is 8.11. The summed E-state index contributed by atoms with van der Waals surface area (Å²) in [6.07, 6.45) is 6.70. The second kappa shape index (κ2) is 5.02. The summed E-state index contributed by atoms with van der Waals surface area (Å²) in [5.41, 5.74) is 3.70. The summed E-state index contributed by atoms with van der Waals surface area (Å²) in [6, 6.07) is 0. The van der Waals surface area contributed by atoms with Crippen molar-refractivity contribution in [3.63, 3.8) is 0 Å². The Hall–Kier alpha value is -1.10. The number of H-pyrrole nitrogens is 1. The van der Waals surface area contributed by atoms with Crippen molar-refractivity contribution in [2.75, 3.05) is 0 Å². The van der Waals surface area contributed by atoms with E-state index in [2.05, 4.69) is 33.2 Å². The highest BCUT2D eigenvalue weighted by molar-refractivity contribution is 7.71. The summed E-state index contributed by atoms with van der Waals surface area (Å²) in [5.74, 6) is 0. The number of hydrogen-bond donors (Lipinski definition) is 1. The van der Waals surface area contributed by atoms with E-state index in [0.29, 0.717) is 5.41 Å². The van der Waals surface area contributed by atoms with Gasteiger partial charge in [0.15, 0.2) is 10.4 Å². The number of fused-ring (bicyclic) bond motifs is 1. The number of aromatic amines is 1. The van der Waals surface area contributed by atoms with Crippen LogP contribution in [-0.2, 0) is 13.1 Å². The Bertz CT molecular complexity index is 670. The largest absolute Gasteiger partial charge is 0.328 e. The van der Waals surface area contributed by atoms with Gasteiger partial charge in [0.05, 0.1) is 5.69 Å². The monoisotopic (exact) mass is 292 g/mol. The van der Waals surface area contributed by atoms with Gasteiger partial charge in [-0.15, -0.1) is 0 Å². The molecule has 5 heteroatoms. The first kappa shape index (κ1) is 13.9. The molecule has 1 aliphatic rings. The minimum absolute atomic E-state index is 0.377. The van der Waals surface area contributed by atoms with E-state index >= 15 is 0 Å². The lowest BCUT2D eigenvalue weighted by molar-refractivity contribution is 0.183. The fourth-order valence-corrected chi connectivity index (χ4v) is 3.83. The minimum atomic E-state index is 0.377. The Morgan fingerprint density at radius 2 is 2.00 bits per heavy atom. The van der Waals surface area contributed by atoms with Gasteiger partial charge in [0, 0.05) is 13.1 Å². The molecule has 1 N–H and O–H groups in total. The van der Waals surface area contributed by atoms with Crippen LogP contribution in [0.2, 0.25) is 0 Å². The molecule has 20 heavy (non-hydrogen) atoms. The van der Waals surface area contributed by atoms with E-state index in [-0.39, 0.29) is 0 Å². The lowest BCUT2D eigenvalue weighted by Crippen LogP contribution is -2.26. The Morgan fingerprint density at radius 1 is 1.30 bits per heavy atom. The summed E-state index contributed by atoms with van der Waals surface area (Å²) in [4.78, 5) is 3.35. The molecule has 0 radical (unpaired) electrons. The predicted octanol–water partition coefficient (Wildman–Crippen LogP) is 4.19. The van der Waals surface area contributed by atoms with Gasteiger partial charge in [-0.25, -0.2) is 4.68 Å². The van der Waals surface area contributed by atoms with Crippen LogP contribution in [-0.4, -0.2) is 19.3 Å². The van der Waals surface area contributed by atoms with E-state index in [1.165, 1.54) is 37.8 Å². The molecule has 4 nitrogen and oxygen atoms in total. The Labute approximate surface area is 125 Å². The highest BCUT2D eigenvalue weighted by Crippen LogP contribution is 2.38. The zero-order valence-corrected chi connectivity index (χ0v) is 13.5. The Kier molecular flexibility index (Phi) is 3.48. The molecule has 2 aromatic rings. The van der Waals surface area contributed by atoms with Crippen molar-refractivity contribution in [1.82, 2.24) is 19.3 Å². The van der Waals surface area contributed by atoms with Crippen LogP contribution in [0.3, 0.4) is 0 Å². The molecule has 0 amide bonds. The van der Waals surface area contributed by atoms with Crippen molar-refractivity contribution in [1.29, 1.82) is 0 Å². The molecule has 2 heterocycles. The van der Waals surface area contributed by atoms with Crippen molar-refractivity contribution >= 4 is 23.4 Å². The molecule has 1 fully saturated rings. The van der Waals surface area contributed by atoms with Crippen molar-refractivity contribution in [2.45, 2.75) is 66.0 Å². The van der Waals surface area contributed by atoms with Crippen LogP contribution in [0, 0.1) is 17.1 Å². The van der Waals surface area contributed by atoms with E-state index in [9.17, 15) is 0 Å². The maximum Gasteiger partial charge on any atom is 0.179 e. The van der Waals surface area contributed by atoms with Crippen molar-refractivity contribution in [3.05, 3.63) is 10.5 Å². The topological polar surface area (TPSA) is 38.5 Å². The second-order valence-corrected chi connectivity index (χ2v) is 6.87. The highest BCUT2D eigenvalue weighted by atomic mass is 32.1. The van der Waals surface area contributed by atoms with Gasteiger partial charge >= 0.3 is 0 Å². The lowest BCUT2D eigenvalue weighted by Gasteiger charge is -2.34. The number of imidazole rings is 1. The first-order valence-electron chi connectivity index (χ1n) is 7.70. The van der Waals surface area contributed by atoms with Gasteiger partial charge in [0.2, 0.25) is 0 Å². The van der Waals surface area contributed by atoms with Crippen LogP contribution < -0.4 is 0 Å². The summed E-state index contributed by atoms with van der Waals surface area (Å²) < 4.78 is 5.19. The molecule has 0 unspecified atom stereocenters. The molecule has 1 aliphatic carbocycles. The summed E-state index contributed by atoms with van der Waals surface area (Å²) >= 11 is 5.56. The van der Waals surface area contributed by atoms with Crippen LogP contribution in [0.15, 0.2) is 0 Å². The number of aromatic nitrogens is 4. The molecule has 0 aliphatic heterocycles. The molecule has 2 aromatic heterocycles. The lowest BCUT2D eigenvalue weighted by atomic mass is 9.75. The molecule has 0 aromatic carbocycles. The standard InChI is InChI=1S/C15H24N4S/c1-4-19-13-12(11(2)17-19)16-14(20)18(13)10-15(3)8-6-5-7-9-15/h4-10H2,1-3H3,(H,16,20). The molecular formula is C15H24N4S. The number of rotatable bonds is 3. The third kappa shape index (κ3) is 2.22. The van der Waals surface area contributed by atoms with E-state index in [1.54, 1.807) is 0 Å². The van der Waals surface area contributed by atoms with E-state index in [1.807, 2.05) is 6.92 Å². The molecular weight excluding hydrogens is 268 g/mol. The number of nitrogens with one attached hydrogen (secondary N) is 1. The quantitative estimate of drug-likeness (QED) is 0.861. The van der Waals surface area contributed by atoms with Crippen molar-refractivity contribution in [3.8, 4) is 0 Å². The van der Waals surface area contributed by atoms with Crippen LogP contribution >= 0.6 is 12.2 Å². The zero-order valence-electron chi connectivity index (χ0n) is 12.7. The fraction of sp³-hybridized carbons (Fsp3) is 0.733. The molecule has 3 rings (SSSR count). The van der Waals surface area contributed by atoms with Crippen LogP contribution in [0.5, 0.6) is 0 Å². The van der Waals surface area contributed by atoms with E-state index in [0.717, 1.165) is 29.1 Å². The first-order chi connectivity index (χ1) is 9.54. The normalized spacial score (nSPS) is 18.8. The van der Waals surface area contributed by atoms with E-state index < -0.39 is 0 Å². The fourth-order valence-electron chi connectivity index (χ4n) is 3.57. The molecule has 0 spiro atoms. The third-order valence-corrected chi connectivity index (χ3v) is 5.06. The number of aryl methyl sites for hydroxylation is 2. The molecule has 1 saturated carbocycles. The van der Waals surface area contributed by atoms with Gasteiger partial charge in [0.25, 0.3) is 0 Å². The SMILES string of the molecule is CCn1nc(C)c2[nH]c(=S)n(CC3(C)CCCCC3)c21. The third-order valence-electron chi connectivity index (χ3n) is 4.73. The van der Waals surface area contributed by atoms with Crippen LogP contribution in [0.25, 0.3) is 11.2 Å². The Morgan fingerprint density at radius 3 is 2.65 bits per heavy atom. The zero-order chi connectivity index (χ0) is 14.3. The molecule has 0 saturated heterocycles. The smallest absolute Gasteiger partial charge is 0.179 e. The van der Waals surface area contributed by atoms with E-state index in [4.69, 9.17) is 12.2 Å². The van der Waals surface area contributed by atoms with Gasteiger partial charge < -0.3 is 9.55 Å². The Balaban J connectivity index is 2.06. The van der Waals surface area contributed by atoms with Gasteiger partial charge in [-0.05, 0) is 44.3 Å². The van der Waals surface area contributed by atoms with Crippen molar-refractivity contribution in [2.24, 2.45) is 5.41 Å². The molecule has 110 valence electrons. The second-order valence-electron chi connectivity index (χ2n) is 6.49. The number of nitrogens with zero attached hydrogens (tertiary/aromatic N) is 3. The summed E-state index contributed by atoms with van der Waals surface area (Å²) in [5, 5.41) is 4.60. The van der Waals surface area contributed by atoms with Crippen molar-refractivity contribution < 1.29 is 0 Å². The van der Waals surface area contributed by atoms with Gasteiger partial charge in [0.1, 0.15) is 5.52 Å². The maximum atomic E-state index is 5.56. The summed E-state index contributed by atoms with van der Waals surface area (Å²) in [6.45, 7) is 8.48. The predicted molar refractivity (Wildman–Crippen MR) is 84.5 cm³/mol. The van der Waals surface area contributed by atoms with Crippen LogP contribution in [0.4, 0.5) is 0 Å². The molecule has 0 atom stereocenters. The maximum absolute atomic E-state index is 5.56. The van der Waals surface area contributed by atoms with Gasteiger partial charge in [-0.2, -0.15) is 5.10 Å². The average Bonchev–Trinajstić information content (AvgIpc) is 2.89. The van der Waals surface area contributed by atoms with Gasteiger partial charge in [-0.3, -0.25) is 0 Å². The summed E-state index contributed by atoms with van der Waals surface area (Å²) in [7, 11) is 0.